The Kier molecular flexibility index (Phi) is 5.55. The lowest BCUT2D eigenvalue weighted by Crippen LogP contribution is -2.11. The summed E-state index contributed by atoms with van der Waals surface area (Å²) < 4.78 is 0. The second-order valence-electron chi connectivity index (χ2n) is 4.76. The highest BCUT2D eigenvalue weighted by Crippen LogP contribution is 2.13. The fourth-order valence-electron chi connectivity index (χ4n) is 1.58. The molecule has 0 saturated carbocycles. The monoisotopic (exact) mass is 250 g/mol. The van der Waals surface area contributed by atoms with Crippen LogP contribution >= 0.6 is 0 Å². The molecule has 0 fully saturated rings. The number of hydrogen-bond donors (Lipinski definition) is 2. The first-order valence-corrected chi connectivity index (χ1v) is 6.37. The minimum absolute atomic E-state index is 0.241. The first-order valence-electron chi connectivity index (χ1n) is 6.37. The third kappa shape index (κ3) is 5.12. The summed E-state index contributed by atoms with van der Waals surface area (Å²) in [6.07, 6.45) is 2.16. The average molecular weight is 250 g/mol. The molecule has 0 unspecified atom stereocenters. The second kappa shape index (κ2) is 6.93. The van der Waals surface area contributed by atoms with Gasteiger partial charge in [0.05, 0.1) is 0 Å². The van der Waals surface area contributed by atoms with E-state index in [1.54, 1.807) is 0 Å². The molecule has 1 aromatic rings. The summed E-state index contributed by atoms with van der Waals surface area (Å²) in [4.78, 5) is 19.4. The van der Waals surface area contributed by atoms with Crippen LogP contribution in [0.5, 0.6) is 0 Å². The fraction of sp³-hybridized carbons (Fsp3) is 0.615. The zero-order chi connectivity index (χ0) is 13.5. The quantitative estimate of drug-likeness (QED) is 0.725. The minimum Gasteiger partial charge on any atom is -0.370 e. The van der Waals surface area contributed by atoms with Crippen molar-refractivity contribution in [2.75, 3.05) is 11.9 Å². The number of unbranched alkanes of at least 4 members (excludes halogenated alkanes) is 1. The van der Waals surface area contributed by atoms with Crippen LogP contribution in [0.1, 0.15) is 50.5 Å². The average Bonchev–Trinajstić information content (AvgIpc) is 2.27. The van der Waals surface area contributed by atoms with Gasteiger partial charge in [-0.15, -0.1) is 0 Å². The standard InChI is InChI=1S/C13H22N4O/c1-9(2)13-16-10(3)8-12(17-13)15-7-5-4-6-11(14)18/h8-9H,4-7H2,1-3H3,(H2,14,18)(H,15,16,17). The predicted octanol–water partition coefficient (Wildman–Crippen LogP) is 1.98. The van der Waals surface area contributed by atoms with E-state index in [4.69, 9.17) is 5.73 Å². The Hall–Kier alpha value is -1.65. The summed E-state index contributed by atoms with van der Waals surface area (Å²) in [6, 6.07) is 1.93. The molecule has 0 spiro atoms. The van der Waals surface area contributed by atoms with E-state index in [-0.39, 0.29) is 5.91 Å². The van der Waals surface area contributed by atoms with Crippen molar-refractivity contribution in [3.05, 3.63) is 17.6 Å². The smallest absolute Gasteiger partial charge is 0.217 e. The van der Waals surface area contributed by atoms with Crippen molar-refractivity contribution in [2.45, 2.75) is 46.0 Å². The molecule has 5 nitrogen and oxygen atoms in total. The van der Waals surface area contributed by atoms with Crippen LogP contribution in [0.25, 0.3) is 0 Å². The van der Waals surface area contributed by atoms with Crippen LogP contribution in [0, 0.1) is 6.92 Å². The van der Waals surface area contributed by atoms with Gasteiger partial charge in [-0.1, -0.05) is 13.8 Å². The van der Waals surface area contributed by atoms with Gasteiger partial charge in [0.15, 0.2) is 0 Å². The summed E-state index contributed by atoms with van der Waals surface area (Å²) >= 11 is 0. The van der Waals surface area contributed by atoms with E-state index < -0.39 is 0 Å². The molecule has 100 valence electrons. The molecule has 0 bridgehead atoms. The molecule has 0 aliphatic carbocycles. The Bertz CT molecular complexity index is 404. The van der Waals surface area contributed by atoms with Crippen molar-refractivity contribution >= 4 is 11.7 Å². The molecule has 0 saturated heterocycles. The molecule has 0 aromatic carbocycles. The van der Waals surface area contributed by atoms with Gasteiger partial charge in [0.25, 0.3) is 0 Å². The molecule has 1 rings (SSSR count). The zero-order valence-corrected chi connectivity index (χ0v) is 11.4. The van der Waals surface area contributed by atoms with Gasteiger partial charge in [0.2, 0.25) is 5.91 Å². The number of nitrogens with zero attached hydrogens (tertiary/aromatic N) is 2. The van der Waals surface area contributed by atoms with Gasteiger partial charge in [-0.3, -0.25) is 4.79 Å². The van der Waals surface area contributed by atoms with Crippen molar-refractivity contribution in [3.63, 3.8) is 0 Å². The molecule has 18 heavy (non-hydrogen) atoms. The van der Waals surface area contributed by atoms with Gasteiger partial charge in [0, 0.05) is 30.6 Å². The number of carbonyl (C=O) groups is 1. The van der Waals surface area contributed by atoms with Crippen LogP contribution in [0.15, 0.2) is 6.07 Å². The lowest BCUT2D eigenvalue weighted by Gasteiger charge is -2.10. The van der Waals surface area contributed by atoms with E-state index in [2.05, 4.69) is 29.1 Å². The van der Waals surface area contributed by atoms with Gasteiger partial charge in [-0.25, -0.2) is 9.97 Å². The normalized spacial score (nSPS) is 10.7. The number of aromatic nitrogens is 2. The van der Waals surface area contributed by atoms with Crippen molar-refractivity contribution in [2.24, 2.45) is 5.73 Å². The van der Waals surface area contributed by atoms with Gasteiger partial charge >= 0.3 is 0 Å². The molecule has 5 heteroatoms. The molecule has 1 heterocycles. The van der Waals surface area contributed by atoms with E-state index in [0.29, 0.717) is 12.3 Å². The van der Waals surface area contributed by atoms with E-state index in [1.807, 2.05) is 13.0 Å². The third-order valence-electron chi connectivity index (χ3n) is 2.54. The Morgan fingerprint density at radius 1 is 1.39 bits per heavy atom. The number of amides is 1. The largest absolute Gasteiger partial charge is 0.370 e. The van der Waals surface area contributed by atoms with E-state index in [0.717, 1.165) is 36.7 Å². The minimum atomic E-state index is -0.241. The number of primary amides is 1. The molecule has 1 amide bonds. The second-order valence-corrected chi connectivity index (χ2v) is 4.76. The fourth-order valence-corrected chi connectivity index (χ4v) is 1.58. The van der Waals surface area contributed by atoms with Crippen LogP contribution < -0.4 is 11.1 Å². The van der Waals surface area contributed by atoms with Crippen molar-refractivity contribution in [3.8, 4) is 0 Å². The summed E-state index contributed by atoms with van der Waals surface area (Å²) in [5, 5.41) is 3.25. The highest BCUT2D eigenvalue weighted by atomic mass is 16.1. The highest BCUT2D eigenvalue weighted by Gasteiger charge is 2.05. The molecular weight excluding hydrogens is 228 g/mol. The van der Waals surface area contributed by atoms with Crippen LogP contribution in [-0.4, -0.2) is 22.4 Å². The van der Waals surface area contributed by atoms with Gasteiger partial charge < -0.3 is 11.1 Å². The number of rotatable bonds is 7. The molecular formula is C13H22N4O. The Morgan fingerprint density at radius 2 is 2.11 bits per heavy atom. The zero-order valence-electron chi connectivity index (χ0n) is 11.4. The number of nitrogens with two attached hydrogens (primary N) is 1. The van der Waals surface area contributed by atoms with Crippen LogP contribution in [0.3, 0.4) is 0 Å². The van der Waals surface area contributed by atoms with E-state index in [9.17, 15) is 4.79 Å². The first-order chi connectivity index (χ1) is 8.49. The summed E-state index contributed by atoms with van der Waals surface area (Å²) in [7, 11) is 0. The SMILES string of the molecule is Cc1cc(NCCCCC(N)=O)nc(C(C)C)n1. The Balaban J connectivity index is 2.44. The van der Waals surface area contributed by atoms with Gasteiger partial charge in [0.1, 0.15) is 11.6 Å². The molecule has 0 aliphatic rings. The van der Waals surface area contributed by atoms with Crippen LogP contribution in [-0.2, 0) is 4.79 Å². The van der Waals surface area contributed by atoms with Gasteiger partial charge in [-0.2, -0.15) is 0 Å². The topological polar surface area (TPSA) is 80.9 Å². The van der Waals surface area contributed by atoms with Crippen molar-refractivity contribution in [1.29, 1.82) is 0 Å². The van der Waals surface area contributed by atoms with Gasteiger partial charge in [-0.05, 0) is 19.8 Å². The van der Waals surface area contributed by atoms with E-state index in [1.165, 1.54) is 0 Å². The summed E-state index contributed by atoms with van der Waals surface area (Å²) in [5.74, 6) is 1.79. The molecule has 0 aliphatic heterocycles. The molecule has 0 radical (unpaired) electrons. The summed E-state index contributed by atoms with van der Waals surface area (Å²) in [5.41, 5.74) is 6.04. The lowest BCUT2D eigenvalue weighted by atomic mass is 10.2. The maximum Gasteiger partial charge on any atom is 0.217 e. The van der Waals surface area contributed by atoms with Crippen molar-refractivity contribution < 1.29 is 4.79 Å². The lowest BCUT2D eigenvalue weighted by molar-refractivity contribution is -0.118. The molecule has 3 N–H and O–H groups in total. The molecule has 0 atom stereocenters. The molecule has 1 aromatic heterocycles. The number of hydrogen-bond acceptors (Lipinski definition) is 4. The number of carbonyl (C=O) groups excluding carboxylic acids is 1. The number of aryl methyl sites for hydroxylation is 1. The Labute approximate surface area is 108 Å². The van der Waals surface area contributed by atoms with E-state index >= 15 is 0 Å². The maximum atomic E-state index is 10.6. The first kappa shape index (κ1) is 14.4. The maximum absolute atomic E-state index is 10.6. The van der Waals surface area contributed by atoms with Crippen LogP contribution in [0.4, 0.5) is 5.82 Å². The summed E-state index contributed by atoms with van der Waals surface area (Å²) in [6.45, 7) is 6.91. The number of nitrogens with one attached hydrogen (secondary N) is 1. The Morgan fingerprint density at radius 3 is 2.72 bits per heavy atom. The third-order valence-corrected chi connectivity index (χ3v) is 2.54. The number of anilines is 1. The predicted molar refractivity (Wildman–Crippen MR) is 72.4 cm³/mol. The van der Waals surface area contributed by atoms with Crippen LogP contribution in [0.2, 0.25) is 0 Å². The highest BCUT2D eigenvalue weighted by molar-refractivity contribution is 5.73. The van der Waals surface area contributed by atoms with Crippen molar-refractivity contribution in [1.82, 2.24) is 9.97 Å².